The fourth-order valence-electron chi connectivity index (χ4n) is 4.58. The average molecular weight is 423 g/mol. The summed E-state index contributed by atoms with van der Waals surface area (Å²) in [6, 6.07) is 8.43. The zero-order valence-corrected chi connectivity index (χ0v) is 19.0. The summed E-state index contributed by atoms with van der Waals surface area (Å²) in [5.41, 5.74) is 5.41. The van der Waals surface area contributed by atoms with Gasteiger partial charge in [-0.25, -0.2) is 0 Å². The Morgan fingerprint density at radius 1 is 1.06 bits per heavy atom. The van der Waals surface area contributed by atoms with Crippen LogP contribution in [0.1, 0.15) is 65.0 Å². The first-order valence-corrected chi connectivity index (χ1v) is 11.6. The summed E-state index contributed by atoms with van der Waals surface area (Å²) in [4.78, 5) is 26.9. The molecule has 1 aromatic carbocycles. The Morgan fingerprint density at radius 3 is 2.32 bits per heavy atom. The van der Waals surface area contributed by atoms with Gasteiger partial charge in [0.25, 0.3) is 5.91 Å². The standard InChI is InChI=1S/C25H34N4O2/c1-17-23(18(2)28(3)27-17)10-11-24(30)29-14-12-20(13-15-29)16-19-4-6-21(7-5-19)25(31)26-22-8-9-22/h4-7,20,22H,8-16H2,1-3H3,(H,26,31). The highest BCUT2D eigenvalue weighted by Crippen LogP contribution is 2.24. The molecule has 0 spiro atoms. The Bertz CT molecular complexity index is 935. The Kier molecular flexibility index (Phi) is 6.44. The van der Waals surface area contributed by atoms with Gasteiger partial charge < -0.3 is 10.2 Å². The third kappa shape index (κ3) is 5.35. The summed E-state index contributed by atoms with van der Waals surface area (Å²) < 4.78 is 1.90. The summed E-state index contributed by atoms with van der Waals surface area (Å²) in [6.07, 6.45) is 6.64. The second-order valence-electron chi connectivity index (χ2n) is 9.25. The number of hydrogen-bond acceptors (Lipinski definition) is 3. The van der Waals surface area contributed by atoms with Crippen LogP contribution < -0.4 is 5.32 Å². The molecule has 1 saturated heterocycles. The number of carbonyl (C=O) groups excluding carboxylic acids is 2. The van der Waals surface area contributed by atoms with E-state index in [4.69, 9.17) is 0 Å². The van der Waals surface area contributed by atoms with Crippen molar-refractivity contribution in [2.24, 2.45) is 13.0 Å². The molecular formula is C25H34N4O2. The molecule has 1 aliphatic heterocycles. The van der Waals surface area contributed by atoms with Gasteiger partial charge >= 0.3 is 0 Å². The highest BCUT2D eigenvalue weighted by Gasteiger charge is 2.25. The van der Waals surface area contributed by atoms with Gasteiger partial charge in [-0.3, -0.25) is 14.3 Å². The Balaban J connectivity index is 1.22. The minimum atomic E-state index is 0.0394. The van der Waals surface area contributed by atoms with Crippen LogP contribution in [-0.4, -0.2) is 45.6 Å². The van der Waals surface area contributed by atoms with Crippen molar-refractivity contribution in [3.8, 4) is 0 Å². The third-order valence-corrected chi connectivity index (χ3v) is 6.87. The van der Waals surface area contributed by atoms with E-state index in [1.165, 1.54) is 11.1 Å². The zero-order chi connectivity index (χ0) is 22.0. The third-order valence-electron chi connectivity index (χ3n) is 6.87. The van der Waals surface area contributed by atoms with Crippen molar-refractivity contribution in [2.75, 3.05) is 13.1 Å². The van der Waals surface area contributed by atoms with Crippen LogP contribution in [0, 0.1) is 19.8 Å². The molecule has 2 aliphatic rings. The molecule has 2 amide bonds. The van der Waals surface area contributed by atoms with Crippen molar-refractivity contribution < 1.29 is 9.59 Å². The number of likely N-dealkylation sites (tertiary alicyclic amines) is 1. The van der Waals surface area contributed by atoms with Crippen molar-refractivity contribution in [1.29, 1.82) is 0 Å². The molecule has 2 fully saturated rings. The van der Waals surface area contributed by atoms with E-state index in [9.17, 15) is 9.59 Å². The number of hydrogen-bond donors (Lipinski definition) is 1. The normalized spacial score (nSPS) is 17.1. The van der Waals surface area contributed by atoms with E-state index in [-0.39, 0.29) is 11.8 Å². The lowest BCUT2D eigenvalue weighted by molar-refractivity contribution is -0.132. The van der Waals surface area contributed by atoms with E-state index >= 15 is 0 Å². The molecule has 166 valence electrons. The molecule has 2 heterocycles. The second kappa shape index (κ2) is 9.25. The van der Waals surface area contributed by atoms with Crippen molar-refractivity contribution in [2.45, 2.75) is 64.8 Å². The van der Waals surface area contributed by atoms with Crippen LogP contribution in [0.5, 0.6) is 0 Å². The predicted molar refractivity (Wildman–Crippen MR) is 121 cm³/mol. The molecule has 0 atom stereocenters. The van der Waals surface area contributed by atoms with Gasteiger partial charge in [0.15, 0.2) is 0 Å². The number of carbonyl (C=O) groups is 2. The van der Waals surface area contributed by atoms with Gasteiger partial charge in [-0.15, -0.1) is 0 Å². The lowest BCUT2D eigenvalue weighted by atomic mass is 9.89. The molecule has 1 aliphatic carbocycles. The van der Waals surface area contributed by atoms with E-state index in [2.05, 4.69) is 29.5 Å². The quantitative estimate of drug-likeness (QED) is 0.744. The zero-order valence-electron chi connectivity index (χ0n) is 19.0. The number of aryl methyl sites for hydroxylation is 2. The number of nitrogens with one attached hydrogen (secondary N) is 1. The van der Waals surface area contributed by atoms with Crippen molar-refractivity contribution >= 4 is 11.8 Å². The maximum absolute atomic E-state index is 12.7. The first kappa shape index (κ1) is 21.6. The number of piperidine rings is 1. The monoisotopic (exact) mass is 422 g/mol. The fraction of sp³-hybridized carbons (Fsp3) is 0.560. The largest absolute Gasteiger partial charge is 0.349 e. The van der Waals surface area contributed by atoms with Crippen LogP contribution >= 0.6 is 0 Å². The van der Waals surface area contributed by atoms with Crippen LogP contribution in [0.4, 0.5) is 0 Å². The van der Waals surface area contributed by atoms with E-state index < -0.39 is 0 Å². The Morgan fingerprint density at radius 2 is 1.74 bits per heavy atom. The van der Waals surface area contributed by atoms with Crippen LogP contribution in [-0.2, 0) is 24.7 Å². The van der Waals surface area contributed by atoms with Crippen LogP contribution in [0.15, 0.2) is 24.3 Å². The first-order valence-electron chi connectivity index (χ1n) is 11.6. The van der Waals surface area contributed by atoms with Gasteiger partial charge in [0.1, 0.15) is 0 Å². The molecule has 1 N–H and O–H groups in total. The van der Waals surface area contributed by atoms with E-state index in [1.807, 2.05) is 35.7 Å². The number of benzene rings is 1. The molecule has 0 unspecified atom stereocenters. The second-order valence-corrected chi connectivity index (χ2v) is 9.25. The lowest BCUT2D eigenvalue weighted by Crippen LogP contribution is -2.39. The van der Waals surface area contributed by atoms with E-state index in [0.29, 0.717) is 18.4 Å². The predicted octanol–water partition coefficient (Wildman–Crippen LogP) is 3.34. The van der Waals surface area contributed by atoms with Crippen molar-refractivity contribution in [1.82, 2.24) is 20.0 Å². The smallest absolute Gasteiger partial charge is 0.251 e. The van der Waals surface area contributed by atoms with Crippen molar-refractivity contribution in [3.05, 3.63) is 52.3 Å². The van der Waals surface area contributed by atoms with Crippen LogP contribution in [0.3, 0.4) is 0 Å². The number of rotatable bonds is 7. The Hall–Kier alpha value is -2.63. The van der Waals surface area contributed by atoms with Gasteiger partial charge in [0.05, 0.1) is 5.69 Å². The molecule has 6 heteroatoms. The molecule has 0 bridgehead atoms. The van der Waals surface area contributed by atoms with Gasteiger partial charge in [0.2, 0.25) is 5.91 Å². The van der Waals surface area contributed by atoms with Gasteiger partial charge in [-0.1, -0.05) is 12.1 Å². The summed E-state index contributed by atoms with van der Waals surface area (Å²) in [7, 11) is 1.95. The molecule has 0 radical (unpaired) electrons. The lowest BCUT2D eigenvalue weighted by Gasteiger charge is -2.32. The summed E-state index contributed by atoms with van der Waals surface area (Å²) in [5, 5.41) is 7.48. The number of aromatic nitrogens is 2. The fourth-order valence-corrected chi connectivity index (χ4v) is 4.58. The minimum Gasteiger partial charge on any atom is -0.349 e. The molecular weight excluding hydrogens is 388 g/mol. The molecule has 2 aromatic rings. The Labute approximate surface area is 185 Å². The van der Waals surface area contributed by atoms with Gasteiger partial charge in [-0.05, 0) is 81.5 Å². The van der Waals surface area contributed by atoms with Crippen molar-refractivity contribution in [3.63, 3.8) is 0 Å². The number of nitrogens with zero attached hydrogens (tertiary/aromatic N) is 3. The van der Waals surface area contributed by atoms with E-state index in [1.54, 1.807) is 0 Å². The maximum atomic E-state index is 12.7. The van der Waals surface area contributed by atoms with Crippen LogP contribution in [0.25, 0.3) is 0 Å². The molecule has 1 saturated carbocycles. The molecule has 31 heavy (non-hydrogen) atoms. The summed E-state index contributed by atoms with van der Waals surface area (Å²) in [6.45, 7) is 5.77. The van der Waals surface area contributed by atoms with E-state index in [0.717, 1.165) is 68.6 Å². The van der Waals surface area contributed by atoms with Gasteiger partial charge in [0, 0.05) is 43.9 Å². The SMILES string of the molecule is Cc1nn(C)c(C)c1CCC(=O)N1CCC(Cc2ccc(C(=O)NC3CC3)cc2)CC1. The highest BCUT2D eigenvalue weighted by atomic mass is 16.2. The molecule has 6 nitrogen and oxygen atoms in total. The molecule has 1 aromatic heterocycles. The topological polar surface area (TPSA) is 67.2 Å². The van der Waals surface area contributed by atoms with Crippen LogP contribution in [0.2, 0.25) is 0 Å². The first-order chi connectivity index (χ1) is 14.9. The summed E-state index contributed by atoms with van der Waals surface area (Å²) >= 11 is 0. The average Bonchev–Trinajstić information content (AvgIpc) is 3.54. The highest BCUT2D eigenvalue weighted by molar-refractivity contribution is 5.94. The summed E-state index contributed by atoms with van der Waals surface area (Å²) in [5.74, 6) is 0.891. The minimum absolute atomic E-state index is 0.0394. The molecule has 4 rings (SSSR count). The van der Waals surface area contributed by atoms with Gasteiger partial charge in [-0.2, -0.15) is 5.10 Å². The maximum Gasteiger partial charge on any atom is 0.251 e. The number of amides is 2.